The molecule has 1 saturated heterocycles. The molecule has 30 heavy (non-hydrogen) atoms. The zero-order valence-electron chi connectivity index (χ0n) is 16.4. The number of piperidine rings is 1. The summed E-state index contributed by atoms with van der Waals surface area (Å²) in [7, 11) is -3.31. The average molecular weight is 453 g/mol. The summed E-state index contributed by atoms with van der Waals surface area (Å²) in [5.74, 6) is -0.206. The molecule has 3 aromatic rings. The Bertz CT molecular complexity index is 1170. The molecule has 4 rings (SSSR count). The molecule has 11 heteroatoms. The zero-order chi connectivity index (χ0) is 21.3. The molecular weight excluding hydrogens is 431 g/mol. The molecule has 0 aliphatic carbocycles. The van der Waals surface area contributed by atoms with Crippen molar-refractivity contribution < 1.29 is 12.8 Å². The Labute approximate surface area is 178 Å². The Morgan fingerprint density at radius 1 is 1.33 bits per heavy atom. The van der Waals surface area contributed by atoms with E-state index in [0.29, 0.717) is 28.6 Å². The van der Waals surface area contributed by atoms with Crippen LogP contribution in [0, 0.1) is 5.82 Å². The highest BCUT2D eigenvalue weighted by Crippen LogP contribution is 2.28. The molecule has 1 fully saturated rings. The van der Waals surface area contributed by atoms with Crippen LogP contribution in [0.25, 0.3) is 22.4 Å². The van der Waals surface area contributed by atoms with Gasteiger partial charge in [-0.25, -0.2) is 27.8 Å². The van der Waals surface area contributed by atoms with E-state index in [-0.39, 0.29) is 24.2 Å². The van der Waals surface area contributed by atoms with Crippen LogP contribution in [0.1, 0.15) is 26.2 Å². The molecule has 160 valence electrons. The third kappa shape index (κ3) is 4.12. The number of sulfonamides is 1. The molecule has 0 amide bonds. The smallest absolute Gasteiger partial charge is 0.214 e. The lowest BCUT2D eigenvalue weighted by atomic mass is 10.1. The predicted octanol–water partition coefficient (Wildman–Crippen LogP) is 3.43. The first-order valence-corrected chi connectivity index (χ1v) is 11.8. The summed E-state index contributed by atoms with van der Waals surface area (Å²) in [6.45, 7) is 2.39. The van der Waals surface area contributed by atoms with Crippen LogP contribution in [0.2, 0.25) is 5.02 Å². The van der Waals surface area contributed by atoms with Crippen LogP contribution in [-0.2, 0) is 10.0 Å². The first kappa shape index (κ1) is 21.0. The van der Waals surface area contributed by atoms with Crippen molar-refractivity contribution in [2.24, 2.45) is 0 Å². The third-order valence-corrected chi connectivity index (χ3v) is 7.41. The minimum atomic E-state index is -3.31. The number of fused-ring (bicyclic) bond motifs is 1. The number of aromatic amines is 1. The van der Waals surface area contributed by atoms with Gasteiger partial charge in [-0.1, -0.05) is 18.0 Å². The molecule has 2 N–H and O–H groups in total. The van der Waals surface area contributed by atoms with Crippen molar-refractivity contribution in [2.75, 3.05) is 24.2 Å². The van der Waals surface area contributed by atoms with E-state index in [1.807, 2.05) is 0 Å². The predicted molar refractivity (Wildman–Crippen MR) is 114 cm³/mol. The van der Waals surface area contributed by atoms with Crippen LogP contribution in [0.4, 0.5) is 10.2 Å². The van der Waals surface area contributed by atoms with Gasteiger partial charge in [0.15, 0.2) is 17.5 Å². The molecule has 0 bridgehead atoms. The fourth-order valence-electron chi connectivity index (χ4n) is 3.71. The second-order valence-corrected chi connectivity index (χ2v) is 9.83. The number of aromatic nitrogens is 4. The summed E-state index contributed by atoms with van der Waals surface area (Å²) in [5, 5.41) is 4.19. The van der Waals surface area contributed by atoms with Gasteiger partial charge in [0.1, 0.15) is 5.65 Å². The third-order valence-electron chi connectivity index (χ3n) is 5.28. The van der Waals surface area contributed by atoms with E-state index in [1.165, 1.54) is 10.5 Å². The lowest BCUT2D eigenvalue weighted by molar-refractivity contribution is 0.262. The maximum Gasteiger partial charge on any atom is 0.214 e. The SMILES string of the molecule is CCS(=O)(=O)N1CCCCC1CNc1nc(-c2c[nH]c3ncc(Cl)cc23)ncc1F. The van der Waals surface area contributed by atoms with E-state index in [2.05, 4.69) is 25.3 Å². The number of hydrogen-bond donors (Lipinski definition) is 2. The van der Waals surface area contributed by atoms with E-state index >= 15 is 0 Å². The standard InChI is InChI=1S/C19H22ClFN6O2S/c1-2-30(28,29)27-6-4-3-5-13(27)9-23-19-16(21)11-25-18(26-19)15-10-24-17-14(15)7-12(20)8-22-17/h7-8,10-11,13H,2-6,9H2,1H3,(H,22,24)(H,23,25,26). The van der Waals surface area contributed by atoms with Crippen LogP contribution in [0.5, 0.6) is 0 Å². The van der Waals surface area contributed by atoms with E-state index in [9.17, 15) is 12.8 Å². The number of hydrogen-bond acceptors (Lipinski definition) is 6. The molecule has 0 spiro atoms. The molecule has 0 radical (unpaired) electrons. The minimum absolute atomic E-state index is 0.0313. The van der Waals surface area contributed by atoms with Gasteiger partial charge in [0.05, 0.1) is 17.0 Å². The van der Waals surface area contributed by atoms with E-state index < -0.39 is 15.8 Å². The zero-order valence-corrected chi connectivity index (χ0v) is 18.0. The maximum absolute atomic E-state index is 14.4. The molecule has 8 nitrogen and oxygen atoms in total. The number of halogens is 2. The van der Waals surface area contributed by atoms with Crippen molar-refractivity contribution in [3.8, 4) is 11.4 Å². The Balaban J connectivity index is 1.58. The van der Waals surface area contributed by atoms with Gasteiger partial charge < -0.3 is 10.3 Å². The Hall–Kier alpha value is -2.30. The van der Waals surface area contributed by atoms with Gasteiger partial charge in [0, 0.05) is 42.5 Å². The van der Waals surface area contributed by atoms with Crippen molar-refractivity contribution in [3.63, 3.8) is 0 Å². The summed E-state index contributed by atoms with van der Waals surface area (Å²) < 4.78 is 40.7. The number of H-pyrrole nitrogens is 1. The minimum Gasteiger partial charge on any atom is -0.366 e. The van der Waals surface area contributed by atoms with Gasteiger partial charge in [-0.2, -0.15) is 4.31 Å². The topological polar surface area (TPSA) is 104 Å². The number of nitrogens with one attached hydrogen (secondary N) is 2. The van der Waals surface area contributed by atoms with Gasteiger partial charge in [0.25, 0.3) is 0 Å². The molecule has 3 aromatic heterocycles. The highest BCUT2D eigenvalue weighted by molar-refractivity contribution is 7.89. The van der Waals surface area contributed by atoms with Crippen LogP contribution >= 0.6 is 11.6 Å². The van der Waals surface area contributed by atoms with Crippen molar-refractivity contribution >= 4 is 38.5 Å². The summed E-state index contributed by atoms with van der Waals surface area (Å²) in [4.78, 5) is 15.7. The van der Waals surface area contributed by atoms with Crippen LogP contribution < -0.4 is 5.32 Å². The second-order valence-electron chi connectivity index (χ2n) is 7.18. The van der Waals surface area contributed by atoms with Gasteiger partial charge in [0.2, 0.25) is 10.0 Å². The quantitative estimate of drug-likeness (QED) is 0.593. The lowest BCUT2D eigenvalue weighted by Gasteiger charge is -2.34. The summed E-state index contributed by atoms with van der Waals surface area (Å²) >= 11 is 6.05. The van der Waals surface area contributed by atoms with Crippen molar-refractivity contribution in [1.29, 1.82) is 0 Å². The number of pyridine rings is 1. The van der Waals surface area contributed by atoms with Gasteiger partial charge in [-0.3, -0.25) is 0 Å². The molecular formula is C19H22ClFN6O2S. The average Bonchev–Trinajstić information content (AvgIpc) is 3.16. The first-order valence-electron chi connectivity index (χ1n) is 9.78. The van der Waals surface area contributed by atoms with E-state index in [4.69, 9.17) is 11.6 Å². The number of nitrogens with zero attached hydrogens (tertiary/aromatic N) is 4. The highest BCUT2D eigenvalue weighted by Gasteiger charge is 2.31. The normalized spacial score (nSPS) is 18.0. The molecule has 1 aliphatic rings. The molecule has 1 aliphatic heterocycles. The maximum atomic E-state index is 14.4. The van der Waals surface area contributed by atoms with E-state index in [1.54, 1.807) is 19.2 Å². The lowest BCUT2D eigenvalue weighted by Crippen LogP contribution is -2.47. The van der Waals surface area contributed by atoms with Crippen molar-refractivity contribution in [1.82, 2.24) is 24.2 Å². The summed E-state index contributed by atoms with van der Waals surface area (Å²) in [5.41, 5.74) is 1.27. The Morgan fingerprint density at radius 2 is 2.17 bits per heavy atom. The Kier molecular flexibility index (Phi) is 5.90. The van der Waals surface area contributed by atoms with Crippen LogP contribution in [0.15, 0.2) is 24.7 Å². The van der Waals surface area contributed by atoms with Crippen molar-refractivity contribution in [3.05, 3.63) is 35.5 Å². The van der Waals surface area contributed by atoms with Crippen LogP contribution in [0.3, 0.4) is 0 Å². The first-order chi connectivity index (χ1) is 14.4. The largest absolute Gasteiger partial charge is 0.366 e. The van der Waals surface area contributed by atoms with Gasteiger partial charge in [-0.05, 0) is 25.8 Å². The number of anilines is 1. The fraction of sp³-hybridized carbons (Fsp3) is 0.421. The highest BCUT2D eigenvalue weighted by atomic mass is 35.5. The molecule has 4 heterocycles. The Morgan fingerprint density at radius 3 is 2.97 bits per heavy atom. The van der Waals surface area contributed by atoms with Crippen LogP contribution in [-0.4, -0.2) is 57.5 Å². The van der Waals surface area contributed by atoms with E-state index in [0.717, 1.165) is 30.8 Å². The molecule has 1 atom stereocenters. The van der Waals surface area contributed by atoms with Gasteiger partial charge >= 0.3 is 0 Å². The summed E-state index contributed by atoms with van der Waals surface area (Å²) in [6.07, 6.45) is 6.81. The monoisotopic (exact) mass is 452 g/mol. The molecule has 0 saturated carbocycles. The summed E-state index contributed by atoms with van der Waals surface area (Å²) in [6, 6.07) is 1.50. The fourth-order valence-corrected chi connectivity index (χ4v) is 5.24. The van der Waals surface area contributed by atoms with Gasteiger partial charge in [-0.15, -0.1) is 0 Å². The second kappa shape index (κ2) is 8.44. The number of rotatable bonds is 6. The molecule has 0 aromatic carbocycles. The van der Waals surface area contributed by atoms with Crippen molar-refractivity contribution in [2.45, 2.75) is 32.2 Å². The molecule has 1 unspecified atom stereocenters.